The molecule has 0 bridgehead atoms. The van der Waals surface area contributed by atoms with Gasteiger partial charge in [-0.15, -0.1) is 0 Å². The first-order valence-corrected chi connectivity index (χ1v) is 9.09. The third-order valence-corrected chi connectivity index (χ3v) is 4.61. The monoisotopic (exact) mass is 434 g/mol. The van der Waals surface area contributed by atoms with Crippen molar-refractivity contribution in [3.63, 3.8) is 0 Å². The van der Waals surface area contributed by atoms with Crippen molar-refractivity contribution in [3.05, 3.63) is 58.2 Å². The zero-order valence-electron chi connectivity index (χ0n) is 15.8. The molecule has 0 aromatic carbocycles. The fourth-order valence-corrected chi connectivity index (χ4v) is 3.40. The summed E-state index contributed by atoms with van der Waals surface area (Å²) in [5.74, 6) is -1.43. The van der Waals surface area contributed by atoms with Gasteiger partial charge in [-0.25, -0.2) is 18.6 Å². The molecule has 0 saturated carbocycles. The minimum Gasteiger partial charge on any atom is -0.465 e. The molecule has 2 rings (SSSR count). The van der Waals surface area contributed by atoms with Crippen LogP contribution < -0.4 is 0 Å². The Morgan fingerprint density at radius 3 is 2.34 bits per heavy atom. The molecule has 2 aromatic heterocycles. The maximum absolute atomic E-state index is 13.8. The fraction of sp³-hybridized carbons (Fsp3) is 0.421. The third-order valence-electron chi connectivity index (χ3n) is 4.09. The SMILES string of the molecule is COC(=O)c1c(C(F)F)nc(C(F)(F)F)c(C(S)c2ccccn2)c1CC(C)C. The first-order valence-electron chi connectivity index (χ1n) is 8.58. The number of pyridine rings is 2. The van der Waals surface area contributed by atoms with Gasteiger partial charge in [-0.05, 0) is 30.0 Å². The van der Waals surface area contributed by atoms with E-state index < -0.39 is 46.3 Å². The topological polar surface area (TPSA) is 52.1 Å². The molecule has 158 valence electrons. The number of esters is 1. The van der Waals surface area contributed by atoms with E-state index in [0.717, 1.165) is 7.11 Å². The van der Waals surface area contributed by atoms with Crippen LogP contribution in [0.1, 0.15) is 64.1 Å². The smallest absolute Gasteiger partial charge is 0.433 e. The van der Waals surface area contributed by atoms with E-state index in [4.69, 9.17) is 0 Å². The van der Waals surface area contributed by atoms with Gasteiger partial charge < -0.3 is 4.74 Å². The van der Waals surface area contributed by atoms with E-state index in [1.54, 1.807) is 26.0 Å². The van der Waals surface area contributed by atoms with Crippen molar-refractivity contribution in [3.8, 4) is 0 Å². The number of carbonyl (C=O) groups is 1. The highest BCUT2D eigenvalue weighted by molar-refractivity contribution is 7.80. The summed E-state index contributed by atoms with van der Waals surface area (Å²) in [7, 11) is 0.963. The Morgan fingerprint density at radius 1 is 1.24 bits per heavy atom. The molecule has 2 aromatic rings. The van der Waals surface area contributed by atoms with Gasteiger partial charge in [0.05, 0.1) is 23.6 Å². The Morgan fingerprint density at radius 2 is 1.90 bits per heavy atom. The lowest BCUT2D eigenvalue weighted by molar-refractivity contribution is -0.142. The second-order valence-electron chi connectivity index (χ2n) is 6.66. The molecule has 1 unspecified atom stereocenters. The van der Waals surface area contributed by atoms with Gasteiger partial charge in [0.15, 0.2) is 0 Å². The maximum Gasteiger partial charge on any atom is 0.433 e. The lowest BCUT2D eigenvalue weighted by Gasteiger charge is -2.25. The Balaban J connectivity index is 2.98. The second-order valence-corrected chi connectivity index (χ2v) is 7.17. The Hall–Kier alpha value is -2.23. The van der Waals surface area contributed by atoms with Gasteiger partial charge in [-0.2, -0.15) is 25.8 Å². The molecule has 0 aliphatic rings. The van der Waals surface area contributed by atoms with Crippen molar-refractivity contribution in [2.24, 2.45) is 5.92 Å². The van der Waals surface area contributed by atoms with E-state index >= 15 is 0 Å². The number of hydrogen-bond acceptors (Lipinski definition) is 5. The van der Waals surface area contributed by atoms with Gasteiger partial charge >= 0.3 is 12.1 Å². The lowest BCUT2D eigenvalue weighted by atomic mass is 9.88. The summed E-state index contributed by atoms with van der Waals surface area (Å²) < 4.78 is 73.2. The summed E-state index contributed by atoms with van der Waals surface area (Å²) in [4.78, 5) is 19.5. The fourth-order valence-electron chi connectivity index (χ4n) is 2.97. The van der Waals surface area contributed by atoms with Crippen LogP contribution in [0.15, 0.2) is 24.4 Å². The summed E-state index contributed by atoms with van der Waals surface area (Å²) in [5.41, 5.74) is -3.96. The summed E-state index contributed by atoms with van der Waals surface area (Å²) in [5, 5.41) is -1.25. The van der Waals surface area contributed by atoms with Crippen molar-refractivity contribution in [2.45, 2.75) is 38.1 Å². The molecule has 0 amide bonds. The van der Waals surface area contributed by atoms with Crippen LogP contribution >= 0.6 is 12.6 Å². The molecule has 0 aliphatic heterocycles. The van der Waals surface area contributed by atoms with Gasteiger partial charge in [0, 0.05) is 11.8 Å². The van der Waals surface area contributed by atoms with Crippen LogP contribution in [0.5, 0.6) is 0 Å². The molecule has 0 N–H and O–H groups in total. The number of hydrogen-bond donors (Lipinski definition) is 1. The summed E-state index contributed by atoms with van der Waals surface area (Å²) >= 11 is 4.29. The molecule has 29 heavy (non-hydrogen) atoms. The van der Waals surface area contributed by atoms with Crippen LogP contribution in [-0.2, 0) is 17.3 Å². The standard InChI is InChI=1S/C19H19F5N2O2S/c1-9(2)8-10-12(18(27)28-3)14(17(20)21)26-16(19(22,23)24)13(10)15(29)11-6-4-5-7-25-11/h4-7,9,15,17,29H,8H2,1-3H3. The summed E-state index contributed by atoms with van der Waals surface area (Å²) in [6.45, 7) is 3.38. The van der Waals surface area contributed by atoms with E-state index in [1.165, 1.54) is 12.3 Å². The first-order chi connectivity index (χ1) is 13.5. The quantitative estimate of drug-likeness (QED) is 0.374. The molecule has 2 heterocycles. The van der Waals surface area contributed by atoms with Crippen molar-refractivity contribution in [1.82, 2.24) is 9.97 Å². The van der Waals surface area contributed by atoms with Gasteiger partial charge in [0.25, 0.3) is 6.43 Å². The Bertz CT molecular complexity index is 873. The zero-order valence-corrected chi connectivity index (χ0v) is 16.7. The maximum atomic E-state index is 13.8. The number of nitrogens with zero attached hydrogens (tertiary/aromatic N) is 2. The summed E-state index contributed by atoms with van der Waals surface area (Å²) in [6, 6.07) is 4.58. The number of carbonyl (C=O) groups excluding carboxylic acids is 1. The number of methoxy groups -OCH3 is 1. The first kappa shape index (κ1) is 23.1. The molecule has 4 nitrogen and oxygen atoms in total. The van der Waals surface area contributed by atoms with Crippen molar-refractivity contribution in [2.75, 3.05) is 7.11 Å². The number of rotatable bonds is 6. The normalized spacial score (nSPS) is 13.1. The van der Waals surface area contributed by atoms with Crippen LogP contribution in [0, 0.1) is 5.92 Å². The number of ether oxygens (including phenoxy) is 1. The average Bonchev–Trinajstić information content (AvgIpc) is 2.65. The van der Waals surface area contributed by atoms with E-state index in [2.05, 4.69) is 27.3 Å². The van der Waals surface area contributed by atoms with Crippen molar-refractivity contribution in [1.29, 1.82) is 0 Å². The molecular weight excluding hydrogens is 415 g/mol. The van der Waals surface area contributed by atoms with Crippen LogP contribution in [0.25, 0.3) is 0 Å². The molecule has 0 saturated heterocycles. The van der Waals surface area contributed by atoms with E-state index in [1.807, 2.05) is 0 Å². The van der Waals surface area contributed by atoms with Gasteiger partial charge in [-0.3, -0.25) is 4.98 Å². The highest BCUT2D eigenvalue weighted by Gasteiger charge is 2.42. The molecule has 10 heteroatoms. The largest absolute Gasteiger partial charge is 0.465 e. The van der Waals surface area contributed by atoms with E-state index in [-0.39, 0.29) is 23.6 Å². The minimum atomic E-state index is -5.05. The number of thiol groups is 1. The second kappa shape index (κ2) is 9.06. The summed E-state index contributed by atoms with van der Waals surface area (Å²) in [6.07, 6.45) is -7.17. The van der Waals surface area contributed by atoms with Crippen LogP contribution in [-0.4, -0.2) is 23.0 Å². The van der Waals surface area contributed by atoms with Gasteiger partial charge in [0.1, 0.15) is 11.4 Å². The number of aromatic nitrogens is 2. The third kappa shape index (κ3) is 5.04. The van der Waals surface area contributed by atoms with Gasteiger partial charge in [-0.1, -0.05) is 19.9 Å². The highest BCUT2D eigenvalue weighted by Crippen LogP contribution is 2.43. The van der Waals surface area contributed by atoms with Crippen LogP contribution in [0.4, 0.5) is 22.0 Å². The van der Waals surface area contributed by atoms with E-state index in [9.17, 15) is 26.7 Å². The molecule has 0 fully saturated rings. The lowest BCUT2D eigenvalue weighted by Crippen LogP contribution is -2.23. The Labute approximate surface area is 169 Å². The molecule has 0 radical (unpaired) electrons. The molecule has 0 spiro atoms. The van der Waals surface area contributed by atoms with Crippen LogP contribution in [0.3, 0.4) is 0 Å². The van der Waals surface area contributed by atoms with Gasteiger partial charge in [0.2, 0.25) is 0 Å². The number of alkyl halides is 5. The predicted octanol–water partition coefficient (Wildman–Crippen LogP) is 5.44. The van der Waals surface area contributed by atoms with E-state index in [0.29, 0.717) is 0 Å². The van der Waals surface area contributed by atoms with Crippen molar-refractivity contribution >= 4 is 18.6 Å². The molecule has 0 aliphatic carbocycles. The molecule has 1 atom stereocenters. The average molecular weight is 434 g/mol. The number of halogens is 5. The Kier molecular flexibility index (Phi) is 7.20. The highest BCUT2D eigenvalue weighted by atomic mass is 32.1. The zero-order chi connectivity index (χ0) is 21.9. The minimum absolute atomic E-state index is 0.0883. The predicted molar refractivity (Wildman–Crippen MR) is 99.1 cm³/mol. The van der Waals surface area contributed by atoms with Crippen LogP contribution in [0.2, 0.25) is 0 Å². The molecular formula is C19H19F5N2O2S. The van der Waals surface area contributed by atoms with Crippen molar-refractivity contribution < 1.29 is 31.5 Å².